The lowest BCUT2D eigenvalue weighted by Crippen LogP contribution is -2.49. The monoisotopic (exact) mass is 458 g/mol. The fraction of sp³-hybridized carbons (Fsp3) is 0.286. The zero-order valence-corrected chi connectivity index (χ0v) is 18.6. The number of benzene rings is 1. The van der Waals surface area contributed by atoms with Crippen LogP contribution in [-0.2, 0) is 15.8 Å². The lowest BCUT2D eigenvalue weighted by atomic mass is 10.2. The highest BCUT2D eigenvalue weighted by Crippen LogP contribution is 2.20. The van der Waals surface area contributed by atoms with E-state index in [-0.39, 0.29) is 5.75 Å². The number of nitrogens with one attached hydrogen (secondary N) is 1. The molecular weight excluding hydrogens is 436 g/mol. The van der Waals surface area contributed by atoms with Gasteiger partial charge in [-0.1, -0.05) is 29.8 Å². The van der Waals surface area contributed by atoms with Gasteiger partial charge in [-0.15, -0.1) is 10.2 Å². The molecule has 3 heterocycles. The lowest BCUT2D eigenvalue weighted by Gasteiger charge is -2.34. The van der Waals surface area contributed by atoms with Gasteiger partial charge in [0.05, 0.1) is 5.75 Å². The molecule has 8 nitrogen and oxygen atoms in total. The summed E-state index contributed by atoms with van der Waals surface area (Å²) < 4.78 is 27.1. The van der Waals surface area contributed by atoms with Crippen molar-refractivity contribution in [2.45, 2.75) is 12.7 Å². The van der Waals surface area contributed by atoms with E-state index in [0.29, 0.717) is 54.2 Å². The molecule has 0 atom stereocenters. The quantitative estimate of drug-likeness (QED) is 0.606. The van der Waals surface area contributed by atoms with Gasteiger partial charge >= 0.3 is 0 Å². The normalized spacial score (nSPS) is 15.1. The van der Waals surface area contributed by atoms with Crippen molar-refractivity contribution in [3.63, 3.8) is 0 Å². The molecule has 0 aliphatic carbocycles. The van der Waals surface area contributed by atoms with Gasteiger partial charge in [0.2, 0.25) is 10.0 Å². The number of pyridine rings is 1. The molecule has 1 N–H and O–H groups in total. The van der Waals surface area contributed by atoms with E-state index in [1.807, 2.05) is 36.1 Å². The second kappa shape index (κ2) is 9.17. The summed E-state index contributed by atoms with van der Waals surface area (Å²) >= 11 is 5.97. The molecule has 0 amide bonds. The number of piperazine rings is 1. The Balaban J connectivity index is 1.34. The molecule has 4 rings (SSSR count). The van der Waals surface area contributed by atoms with Crippen LogP contribution < -0.4 is 10.2 Å². The van der Waals surface area contributed by atoms with Crippen LogP contribution in [0.2, 0.25) is 5.02 Å². The van der Waals surface area contributed by atoms with Crippen LogP contribution in [0.5, 0.6) is 0 Å². The smallest absolute Gasteiger partial charge is 0.218 e. The van der Waals surface area contributed by atoms with Crippen LogP contribution in [0.3, 0.4) is 0 Å². The zero-order chi connectivity index (χ0) is 21.8. The molecule has 10 heteroatoms. The second-order valence-corrected chi connectivity index (χ2v) is 9.80. The first-order valence-electron chi connectivity index (χ1n) is 9.90. The van der Waals surface area contributed by atoms with Crippen molar-refractivity contribution in [1.29, 1.82) is 0 Å². The lowest BCUT2D eigenvalue weighted by molar-refractivity contribution is 0.383. The summed E-state index contributed by atoms with van der Waals surface area (Å²) in [6, 6.07) is 14.5. The van der Waals surface area contributed by atoms with Crippen LogP contribution in [0.4, 0.5) is 17.5 Å². The minimum atomic E-state index is -3.41. The third-order valence-corrected chi connectivity index (χ3v) is 7.10. The van der Waals surface area contributed by atoms with Gasteiger partial charge in [-0.05, 0) is 48.4 Å². The maximum Gasteiger partial charge on any atom is 0.218 e. The van der Waals surface area contributed by atoms with Crippen molar-refractivity contribution >= 4 is 39.1 Å². The van der Waals surface area contributed by atoms with E-state index >= 15 is 0 Å². The summed E-state index contributed by atoms with van der Waals surface area (Å²) in [5.74, 6) is 1.96. The van der Waals surface area contributed by atoms with E-state index in [1.54, 1.807) is 30.5 Å². The van der Waals surface area contributed by atoms with Crippen LogP contribution in [0.1, 0.15) is 11.1 Å². The van der Waals surface area contributed by atoms with E-state index in [1.165, 1.54) is 4.31 Å². The summed E-state index contributed by atoms with van der Waals surface area (Å²) in [7, 11) is -3.41. The number of nitrogens with zero attached hydrogens (tertiary/aromatic N) is 5. The molecule has 162 valence electrons. The summed E-state index contributed by atoms with van der Waals surface area (Å²) in [6.07, 6.45) is 1.78. The van der Waals surface area contributed by atoms with Crippen LogP contribution in [-0.4, -0.2) is 54.1 Å². The summed E-state index contributed by atoms with van der Waals surface area (Å²) in [4.78, 5) is 6.33. The summed E-state index contributed by atoms with van der Waals surface area (Å²) in [5, 5.41) is 12.1. The predicted octanol–water partition coefficient (Wildman–Crippen LogP) is 3.23. The molecule has 0 radical (unpaired) electrons. The van der Waals surface area contributed by atoms with Gasteiger partial charge in [-0.25, -0.2) is 13.4 Å². The number of aromatic nitrogens is 3. The van der Waals surface area contributed by atoms with Gasteiger partial charge in [0.15, 0.2) is 11.6 Å². The fourth-order valence-corrected chi connectivity index (χ4v) is 5.07. The molecule has 31 heavy (non-hydrogen) atoms. The molecule has 2 aromatic heterocycles. The number of hydrogen-bond acceptors (Lipinski definition) is 7. The second-order valence-electron chi connectivity index (χ2n) is 7.39. The zero-order valence-electron chi connectivity index (χ0n) is 17.1. The molecule has 0 saturated carbocycles. The highest BCUT2D eigenvalue weighted by atomic mass is 35.5. The third kappa shape index (κ3) is 5.49. The topological polar surface area (TPSA) is 91.3 Å². The van der Waals surface area contributed by atoms with E-state index in [9.17, 15) is 8.42 Å². The molecule has 0 unspecified atom stereocenters. The van der Waals surface area contributed by atoms with E-state index < -0.39 is 10.0 Å². The predicted molar refractivity (Wildman–Crippen MR) is 122 cm³/mol. The molecular formula is C21H23ClN6O2S. The molecule has 1 aliphatic heterocycles. The highest BCUT2D eigenvalue weighted by Gasteiger charge is 2.27. The van der Waals surface area contributed by atoms with Gasteiger partial charge in [-0.2, -0.15) is 4.31 Å². The number of anilines is 3. The van der Waals surface area contributed by atoms with E-state index in [0.717, 1.165) is 5.56 Å². The van der Waals surface area contributed by atoms with Gasteiger partial charge in [-0.3, -0.25) is 0 Å². The molecule has 3 aromatic rings. The molecule has 1 saturated heterocycles. The SMILES string of the molecule is Cc1ccc(Nc2ccc(N3CCN(S(=O)(=O)Cc4cccc(Cl)c4)CC3)nn2)nc1. The molecule has 1 aromatic carbocycles. The van der Waals surface area contributed by atoms with Crippen LogP contribution in [0.25, 0.3) is 0 Å². The number of sulfonamides is 1. The first kappa shape index (κ1) is 21.5. The van der Waals surface area contributed by atoms with Crippen molar-refractivity contribution < 1.29 is 8.42 Å². The molecule has 1 aliphatic rings. The largest absolute Gasteiger partial charge is 0.352 e. The standard InChI is InChI=1S/C21H23ClN6O2S/c1-16-5-6-19(23-14-16)24-20-7-8-21(26-25-20)27-9-11-28(12-10-27)31(29,30)15-17-3-2-4-18(22)13-17/h2-8,13-14H,9-12,15H2,1H3,(H,23,24,25). The minimum Gasteiger partial charge on any atom is -0.352 e. The summed E-state index contributed by atoms with van der Waals surface area (Å²) in [5.41, 5.74) is 1.77. The van der Waals surface area contributed by atoms with Crippen molar-refractivity contribution in [3.05, 3.63) is 70.9 Å². The fourth-order valence-electron chi connectivity index (χ4n) is 3.36. The first-order valence-corrected chi connectivity index (χ1v) is 11.9. The number of hydrogen-bond donors (Lipinski definition) is 1. The number of aryl methyl sites for hydroxylation is 1. The minimum absolute atomic E-state index is 0.0548. The molecule has 1 fully saturated rings. The maximum atomic E-state index is 12.8. The average molecular weight is 459 g/mol. The van der Waals surface area contributed by atoms with Crippen LogP contribution in [0.15, 0.2) is 54.7 Å². The van der Waals surface area contributed by atoms with Crippen molar-refractivity contribution in [2.24, 2.45) is 0 Å². The first-order chi connectivity index (χ1) is 14.9. The van der Waals surface area contributed by atoms with Gasteiger partial charge < -0.3 is 10.2 Å². The Morgan fingerprint density at radius 3 is 2.42 bits per heavy atom. The Morgan fingerprint density at radius 1 is 1.00 bits per heavy atom. The van der Waals surface area contributed by atoms with Gasteiger partial charge in [0.25, 0.3) is 0 Å². The molecule has 0 spiro atoms. The van der Waals surface area contributed by atoms with Gasteiger partial charge in [0.1, 0.15) is 5.82 Å². The van der Waals surface area contributed by atoms with Crippen LogP contribution in [0, 0.1) is 6.92 Å². The van der Waals surface area contributed by atoms with Gasteiger partial charge in [0, 0.05) is 37.4 Å². The van der Waals surface area contributed by atoms with E-state index in [4.69, 9.17) is 11.6 Å². The Morgan fingerprint density at radius 2 is 1.77 bits per heavy atom. The van der Waals surface area contributed by atoms with Crippen molar-refractivity contribution in [2.75, 3.05) is 36.4 Å². The Bertz CT molecular complexity index is 1130. The van der Waals surface area contributed by atoms with E-state index in [2.05, 4.69) is 20.5 Å². The molecule has 0 bridgehead atoms. The number of halogens is 1. The Hall–Kier alpha value is -2.75. The average Bonchev–Trinajstić information content (AvgIpc) is 2.76. The Labute approximate surface area is 186 Å². The highest BCUT2D eigenvalue weighted by molar-refractivity contribution is 7.88. The van der Waals surface area contributed by atoms with Crippen molar-refractivity contribution in [1.82, 2.24) is 19.5 Å². The number of rotatable bonds is 6. The third-order valence-electron chi connectivity index (χ3n) is 5.01. The van der Waals surface area contributed by atoms with Crippen LogP contribution >= 0.6 is 11.6 Å². The van der Waals surface area contributed by atoms with Crippen molar-refractivity contribution in [3.8, 4) is 0 Å². The maximum absolute atomic E-state index is 12.8. The summed E-state index contributed by atoms with van der Waals surface area (Å²) in [6.45, 7) is 3.88. The Kier molecular flexibility index (Phi) is 6.35.